The van der Waals surface area contributed by atoms with Crippen LogP contribution in [0.2, 0.25) is 0 Å². The van der Waals surface area contributed by atoms with Crippen LogP contribution in [-0.4, -0.2) is 8.42 Å². The summed E-state index contributed by atoms with van der Waals surface area (Å²) >= 11 is 6.79. The summed E-state index contributed by atoms with van der Waals surface area (Å²) in [7, 11) is -4.06. The molecule has 0 N–H and O–H groups in total. The molecule has 0 amide bonds. The average Bonchev–Trinajstić information content (AvgIpc) is 2.69. The molecule has 0 bridgehead atoms. The molecule has 0 atom stereocenters. The van der Waals surface area contributed by atoms with E-state index in [2.05, 4.69) is 37.9 Å². The lowest BCUT2D eigenvalue weighted by Gasteiger charge is -2.13. The third-order valence-corrected chi connectivity index (χ3v) is 6.61. The van der Waals surface area contributed by atoms with E-state index in [4.69, 9.17) is 4.18 Å². The summed E-state index contributed by atoms with van der Waals surface area (Å²) in [6, 6.07) is 19.5. The molecule has 3 rings (SSSR count). The Morgan fingerprint density at radius 2 is 1.53 bits per heavy atom. The van der Waals surface area contributed by atoms with Gasteiger partial charge >= 0.3 is 10.1 Å². The van der Waals surface area contributed by atoms with Crippen molar-refractivity contribution in [2.75, 3.05) is 0 Å². The number of nitriles is 1. The molecule has 3 aromatic rings. The Kier molecular flexibility index (Phi) is 6.81. The molecule has 4 nitrogen and oxygen atoms in total. The lowest BCUT2D eigenvalue weighted by Crippen LogP contribution is -2.11. The van der Waals surface area contributed by atoms with Gasteiger partial charge < -0.3 is 4.18 Å². The van der Waals surface area contributed by atoms with Crippen LogP contribution in [0.4, 0.5) is 0 Å². The van der Waals surface area contributed by atoms with Crippen molar-refractivity contribution in [2.24, 2.45) is 0 Å². The fourth-order valence-electron chi connectivity index (χ4n) is 2.71. The Bertz CT molecular complexity index is 1260. The third kappa shape index (κ3) is 5.20. The highest BCUT2D eigenvalue weighted by atomic mass is 79.9. The minimum atomic E-state index is -4.06. The molecule has 152 valence electrons. The van der Waals surface area contributed by atoms with Crippen LogP contribution in [0.15, 0.2) is 74.5 Å². The number of allylic oxidation sites excluding steroid dienone is 1. The van der Waals surface area contributed by atoms with Crippen molar-refractivity contribution in [2.45, 2.75) is 18.7 Å². The molecular weight excluding hydrogens is 530 g/mol. The molecule has 0 unspecified atom stereocenters. The van der Waals surface area contributed by atoms with Crippen LogP contribution in [0, 0.1) is 25.2 Å². The maximum atomic E-state index is 12.8. The summed E-state index contributed by atoms with van der Waals surface area (Å²) in [5.74, 6) is 0.110. The van der Waals surface area contributed by atoms with Crippen LogP contribution < -0.4 is 4.18 Å². The van der Waals surface area contributed by atoms with Crippen molar-refractivity contribution in [1.82, 2.24) is 0 Å². The molecule has 0 aliphatic rings. The van der Waals surface area contributed by atoms with E-state index in [1.54, 1.807) is 30.3 Å². The molecule has 0 radical (unpaired) electrons. The van der Waals surface area contributed by atoms with Gasteiger partial charge in [0.05, 0.1) is 16.1 Å². The van der Waals surface area contributed by atoms with E-state index in [0.29, 0.717) is 20.1 Å². The van der Waals surface area contributed by atoms with Gasteiger partial charge in [-0.2, -0.15) is 13.7 Å². The number of rotatable bonds is 5. The maximum Gasteiger partial charge on any atom is 0.339 e. The molecule has 0 saturated heterocycles. The molecular formula is C23H17Br2NO3S. The zero-order valence-electron chi connectivity index (χ0n) is 16.2. The van der Waals surface area contributed by atoms with Crippen LogP contribution in [0.1, 0.15) is 22.3 Å². The summed E-state index contributed by atoms with van der Waals surface area (Å²) in [6.45, 7) is 3.84. The number of hydrogen-bond acceptors (Lipinski definition) is 4. The van der Waals surface area contributed by atoms with Crippen LogP contribution in [0.5, 0.6) is 5.75 Å². The van der Waals surface area contributed by atoms with E-state index in [1.807, 2.05) is 38.1 Å². The number of hydrogen-bond donors (Lipinski definition) is 0. The lowest BCUT2D eigenvalue weighted by atomic mass is 10.0. The van der Waals surface area contributed by atoms with Crippen molar-refractivity contribution in [1.29, 1.82) is 5.26 Å². The van der Waals surface area contributed by atoms with Gasteiger partial charge in [0.2, 0.25) is 0 Å². The van der Waals surface area contributed by atoms with Gasteiger partial charge in [0.15, 0.2) is 5.75 Å². The van der Waals surface area contributed by atoms with E-state index >= 15 is 0 Å². The first-order valence-corrected chi connectivity index (χ1v) is 11.9. The molecule has 0 saturated carbocycles. The SMILES string of the molecule is Cc1ccc(/C(C#N)=C/c2cc(Br)cc(Br)c2OS(=O)(=O)c2ccc(C)cc2)cc1. The van der Waals surface area contributed by atoms with Gasteiger partial charge in [-0.1, -0.05) is 63.5 Å². The van der Waals surface area contributed by atoms with Gasteiger partial charge in [-0.15, -0.1) is 0 Å². The van der Waals surface area contributed by atoms with E-state index in [0.717, 1.165) is 16.7 Å². The van der Waals surface area contributed by atoms with Crippen LogP contribution in [-0.2, 0) is 10.1 Å². The van der Waals surface area contributed by atoms with Crippen molar-refractivity contribution in [3.05, 3.63) is 91.9 Å². The second kappa shape index (κ2) is 9.17. The number of benzene rings is 3. The fraction of sp³-hybridized carbons (Fsp3) is 0.0870. The first kappa shape index (κ1) is 22.3. The third-order valence-electron chi connectivity index (χ3n) is 4.32. The molecule has 3 aromatic carbocycles. The maximum absolute atomic E-state index is 12.8. The lowest BCUT2D eigenvalue weighted by molar-refractivity contribution is 0.484. The molecule has 0 heterocycles. The average molecular weight is 547 g/mol. The largest absolute Gasteiger partial charge is 0.377 e. The molecule has 0 aliphatic carbocycles. The van der Waals surface area contributed by atoms with Gasteiger partial charge in [-0.25, -0.2) is 0 Å². The van der Waals surface area contributed by atoms with Crippen molar-refractivity contribution in [3.8, 4) is 11.8 Å². The Labute approximate surface area is 193 Å². The summed E-state index contributed by atoms with van der Waals surface area (Å²) in [5.41, 5.74) is 3.58. The second-order valence-electron chi connectivity index (χ2n) is 6.69. The Morgan fingerprint density at radius 1 is 0.967 bits per heavy atom. The molecule has 0 spiro atoms. The number of nitrogens with zero attached hydrogens (tertiary/aromatic N) is 1. The monoisotopic (exact) mass is 545 g/mol. The van der Waals surface area contributed by atoms with E-state index in [9.17, 15) is 13.7 Å². The molecule has 0 aromatic heterocycles. The summed E-state index contributed by atoms with van der Waals surface area (Å²) in [4.78, 5) is 0.0527. The topological polar surface area (TPSA) is 67.2 Å². The van der Waals surface area contributed by atoms with Crippen molar-refractivity contribution in [3.63, 3.8) is 0 Å². The minimum Gasteiger partial charge on any atom is -0.377 e. The fourth-order valence-corrected chi connectivity index (χ4v) is 5.12. The van der Waals surface area contributed by atoms with Crippen LogP contribution in [0.25, 0.3) is 11.6 Å². The quantitative estimate of drug-likeness (QED) is 0.204. The van der Waals surface area contributed by atoms with Crippen molar-refractivity contribution >= 4 is 53.6 Å². The summed E-state index contributed by atoms with van der Waals surface area (Å²) in [6.07, 6.45) is 1.61. The van der Waals surface area contributed by atoms with Gasteiger partial charge in [-0.3, -0.25) is 0 Å². The smallest absolute Gasteiger partial charge is 0.339 e. The highest BCUT2D eigenvalue weighted by Crippen LogP contribution is 2.37. The van der Waals surface area contributed by atoms with E-state index in [1.165, 1.54) is 12.1 Å². The Balaban J connectivity index is 2.09. The zero-order valence-corrected chi connectivity index (χ0v) is 20.2. The highest BCUT2D eigenvalue weighted by Gasteiger charge is 2.21. The first-order valence-electron chi connectivity index (χ1n) is 8.88. The van der Waals surface area contributed by atoms with Crippen LogP contribution in [0.3, 0.4) is 0 Å². The summed E-state index contributed by atoms with van der Waals surface area (Å²) < 4.78 is 32.3. The van der Waals surface area contributed by atoms with Gasteiger partial charge in [0, 0.05) is 10.0 Å². The molecule has 0 fully saturated rings. The van der Waals surface area contributed by atoms with Crippen LogP contribution >= 0.6 is 31.9 Å². The van der Waals surface area contributed by atoms with E-state index < -0.39 is 10.1 Å². The minimum absolute atomic E-state index is 0.0527. The zero-order chi connectivity index (χ0) is 21.9. The predicted octanol–water partition coefficient (Wildman–Crippen LogP) is 6.66. The highest BCUT2D eigenvalue weighted by molar-refractivity contribution is 9.11. The first-order chi connectivity index (χ1) is 14.2. The van der Waals surface area contributed by atoms with Crippen molar-refractivity contribution < 1.29 is 12.6 Å². The predicted molar refractivity (Wildman–Crippen MR) is 125 cm³/mol. The van der Waals surface area contributed by atoms with E-state index in [-0.39, 0.29) is 10.6 Å². The molecule has 30 heavy (non-hydrogen) atoms. The van der Waals surface area contributed by atoms with Gasteiger partial charge in [-0.05, 0) is 65.7 Å². The number of halogens is 2. The van der Waals surface area contributed by atoms with Gasteiger partial charge in [0.25, 0.3) is 0 Å². The number of aryl methyl sites for hydroxylation is 2. The second-order valence-corrected chi connectivity index (χ2v) is 10.0. The Hall–Kier alpha value is -2.40. The summed E-state index contributed by atoms with van der Waals surface area (Å²) in [5, 5.41) is 9.68. The van der Waals surface area contributed by atoms with Gasteiger partial charge in [0.1, 0.15) is 4.90 Å². The molecule has 7 heteroatoms. The standard InChI is InChI=1S/C23H17Br2NO3S/c1-15-3-7-17(8-4-15)19(14-26)11-18-12-20(24)13-22(25)23(18)29-30(27,28)21-9-5-16(2)6-10-21/h3-13H,1-2H3/b19-11+. The normalized spacial score (nSPS) is 11.8. The Morgan fingerprint density at radius 3 is 2.10 bits per heavy atom. The molecule has 0 aliphatic heterocycles.